The zero-order valence-electron chi connectivity index (χ0n) is 13.3. The van der Waals surface area contributed by atoms with E-state index < -0.39 is 11.7 Å². The van der Waals surface area contributed by atoms with Crippen LogP contribution in [-0.2, 0) is 17.4 Å². The molecule has 0 spiro atoms. The predicted molar refractivity (Wildman–Crippen MR) is 89.3 cm³/mol. The number of aryl methyl sites for hydroxylation is 3. The number of carbonyl (C=O) groups excluding carboxylic acids is 1. The standard InChI is InChI=1S/C18H17ClF3NO/c1-11-3-4-13(9-12(11)2)5-8-17(24)23-16-10-14(18(20,21)22)6-7-15(16)19/h3-4,6-7,9-10H,5,8H2,1-2H3,(H,23,24). The zero-order chi connectivity index (χ0) is 17.9. The molecule has 0 unspecified atom stereocenters. The Labute approximate surface area is 143 Å². The van der Waals surface area contributed by atoms with E-state index in [1.807, 2.05) is 32.0 Å². The van der Waals surface area contributed by atoms with E-state index in [2.05, 4.69) is 5.32 Å². The van der Waals surface area contributed by atoms with Gasteiger partial charge in [0.2, 0.25) is 5.91 Å². The van der Waals surface area contributed by atoms with Gasteiger partial charge in [0, 0.05) is 6.42 Å². The third-order valence-electron chi connectivity index (χ3n) is 3.78. The lowest BCUT2D eigenvalue weighted by Crippen LogP contribution is -2.14. The topological polar surface area (TPSA) is 29.1 Å². The van der Waals surface area contributed by atoms with Gasteiger partial charge in [0.05, 0.1) is 16.3 Å². The van der Waals surface area contributed by atoms with Crippen LogP contribution in [0.15, 0.2) is 36.4 Å². The van der Waals surface area contributed by atoms with E-state index in [0.717, 1.165) is 29.3 Å². The lowest BCUT2D eigenvalue weighted by molar-refractivity contribution is -0.137. The second-order valence-electron chi connectivity index (χ2n) is 5.66. The van der Waals surface area contributed by atoms with Crippen molar-refractivity contribution in [2.24, 2.45) is 0 Å². The van der Waals surface area contributed by atoms with Crippen molar-refractivity contribution in [3.8, 4) is 0 Å². The quantitative estimate of drug-likeness (QED) is 0.765. The molecule has 0 saturated heterocycles. The number of rotatable bonds is 4. The van der Waals surface area contributed by atoms with Crippen LogP contribution in [0.1, 0.15) is 28.7 Å². The van der Waals surface area contributed by atoms with Crippen LogP contribution < -0.4 is 5.32 Å². The molecule has 2 rings (SSSR count). The molecule has 0 aromatic heterocycles. The highest BCUT2D eigenvalue weighted by atomic mass is 35.5. The SMILES string of the molecule is Cc1ccc(CCC(=O)Nc2cc(C(F)(F)F)ccc2Cl)cc1C. The molecule has 0 bridgehead atoms. The van der Waals surface area contributed by atoms with Crippen molar-refractivity contribution in [3.05, 3.63) is 63.7 Å². The van der Waals surface area contributed by atoms with Gasteiger partial charge in [-0.2, -0.15) is 13.2 Å². The molecule has 2 aromatic rings. The largest absolute Gasteiger partial charge is 0.416 e. The first-order chi connectivity index (χ1) is 11.2. The number of hydrogen-bond donors (Lipinski definition) is 1. The van der Waals surface area contributed by atoms with Crippen molar-refractivity contribution in [1.82, 2.24) is 0 Å². The number of amides is 1. The summed E-state index contributed by atoms with van der Waals surface area (Å²) in [6.07, 6.45) is -3.82. The van der Waals surface area contributed by atoms with Crippen LogP contribution in [0.4, 0.5) is 18.9 Å². The van der Waals surface area contributed by atoms with Crippen LogP contribution in [0.5, 0.6) is 0 Å². The highest BCUT2D eigenvalue weighted by Gasteiger charge is 2.31. The summed E-state index contributed by atoms with van der Waals surface area (Å²) >= 11 is 5.86. The van der Waals surface area contributed by atoms with Crippen molar-refractivity contribution in [2.45, 2.75) is 32.9 Å². The molecule has 2 aromatic carbocycles. The molecule has 0 saturated carbocycles. The minimum absolute atomic E-state index is 0.0309. The lowest BCUT2D eigenvalue weighted by Gasteiger charge is -2.12. The molecule has 0 radical (unpaired) electrons. The summed E-state index contributed by atoms with van der Waals surface area (Å²) in [4.78, 5) is 12.0. The maximum absolute atomic E-state index is 12.7. The van der Waals surface area contributed by atoms with Gasteiger partial charge in [-0.3, -0.25) is 4.79 Å². The van der Waals surface area contributed by atoms with Crippen molar-refractivity contribution in [3.63, 3.8) is 0 Å². The Balaban J connectivity index is 2.03. The molecule has 1 amide bonds. The molecular formula is C18H17ClF3NO. The van der Waals surface area contributed by atoms with E-state index in [1.165, 1.54) is 5.56 Å². The fourth-order valence-electron chi connectivity index (χ4n) is 2.23. The minimum atomic E-state index is -4.48. The third-order valence-corrected chi connectivity index (χ3v) is 4.11. The van der Waals surface area contributed by atoms with Gasteiger partial charge in [0.15, 0.2) is 0 Å². The Morgan fingerprint density at radius 2 is 1.79 bits per heavy atom. The Morgan fingerprint density at radius 3 is 2.42 bits per heavy atom. The number of anilines is 1. The van der Waals surface area contributed by atoms with Crippen molar-refractivity contribution in [2.75, 3.05) is 5.32 Å². The first-order valence-electron chi connectivity index (χ1n) is 7.39. The summed E-state index contributed by atoms with van der Waals surface area (Å²) in [5.41, 5.74) is 2.42. The number of halogens is 4. The van der Waals surface area contributed by atoms with Crippen molar-refractivity contribution >= 4 is 23.2 Å². The summed E-state index contributed by atoms with van der Waals surface area (Å²) in [6, 6.07) is 8.77. The average molecular weight is 356 g/mol. The molecule has 6 heteroatoms. The molecule has 0 aliphatic carbocycles. The van der Waals surface area contributed by atoms with E-state index >= 15 is 0 Å². The maximum atomic E-state index is 12.7. The summed E-state index contributed by atoms with van der Waals surface area (Å²) in [6.45, 7) is 3.99. The minimum Gasteiger partial charge on any atom is -0.325 e. The van der Waals surface area contributed by atoms with E-state index in [-0.39, 0.29) is 23.0 Å². The zero-order valence-corrected chi connectivity index (χ0v) is 14.1. The molecule has 0 heterocycles. The predicted octanol–water partition coefficient (Wildman–Crippen LogP) is 5.55. The monoisotopic (exact) mass is 355 g/mol. The van der Waals surface area contributed by atoms with Gasteiger partial charge in [0.1, 0.15) is 0 Å². The molecular weight excluding hydrogens is 339 g/mol. The van der Waals surface area contributed by atoms with Gasteiger partial charge in [-0.05, 0) is 55.2 Å². The van der Waals surface area contributed by atoms with Gasteiger partial charge in [0.25, 0.3) is 0 Å². The fourth-order valence-corrected chi connectivity index (χ4v) is 2.39. The van der Waals surface area contributed by atoms with E-state index in [1.54, 1.807) is 0 Å². The lowest BCUT2D eigenvalue weighted by atomic mass is 10.0. The Morgan fingerprint density at radius 1 is 1.08 bits per heavy atom. The van der Waals surface area contributed by atoms with Crippen LogP contribution >= 0.6 is 11.6 Å². The van der Waals surface area contributed by atoms with Gasteiger partial charge < -0.3 is 5.32 Å². The number of benzene rings is 2. The number of hydrogen-bond acceptors (Lipinski definition) is 1. The number of carbonyl (C=O) groups is 1. The normalized spacial score (nSPS) is 11.4. The van der Waals surface area contributed by atoms with E-state index in [4.69, 9.17) is 11.6 Å². The molecule has 0 atom stereocenters. The van der Waals surface area contributed by atoms with Gasteiger partial charge in [-0.25, -0.2) is 0 Å². The smallest absolute Gasteiger partial charge is 0.325 e. The molecule has 0 aliphatic rings. The molecule has 0 aliphatic heterocycles. The number of alkyl halides is 3. The van der Waals surface area contributed by atoms with Crippen LogP contribution in [0.25, 0.3) is 0 Å². The van der Waals surface area contributed by atoms with Gasteiger partial charge >= 0.3 is 6.18 Å². The highest BCUT2D eigenvalue weighted by molar-refractivity contribution is 6.33. The Bertz CT molecular complexity index is 756. The summed E-state index contributed by atoms with van der Waals surface area (Å²) < 4.78 is 38.2. The van der Waals surface area contributed by atoms with E-state index in [0.29, 0.717) is 6.42 Å². The van der Waals surface area contributed by atoms with Gasteiger partial charge in [-0.15, -0.1) is 0 Å². The van der Waals surface area contributed by atoms with Crippen LogP contribution in [-0.4, -0.2) is 5.91 Å². The molecule has 0 fully saturated rings. The second kappa shape index (κ2) is 7.26. The average Bonchev–Trinajstić information content (AvgIpc) is 2.49. The molecule has 128 valence electrons. The molecule has 2 nitrogen and oxygen atoms in total. The van der Waals surface area contributed by atoms with Crippen LogP contribution in [0, 0.1) is 13.8 Å². The van der Waals surface area contributed by atoms with Gasteiger partial charge in [-0.1, -0.05) is 29.8 Å². The van der Waals surface area contributed by atoms with Crippen molar-refractivity contribution in [1.29, 1.82) is 0 Å². The first kappa shape index (κ1) is 18.3. The molecule has 24 heavy (non-hydrogen) atoms. The Hall–Kier alpha value is -2.01. The van der Waals surface area contributed by atoms with E-state index in [9.17, 15) is 18.0 Å². The Kier molecular flexibility index (Phi) is 5.54. The fraction of sp³-hybridized carbons (Fsp3) is 0.278. The maximum Gasteiger partial charge on any atom is 0.416 e. The highest BCUT2D eigenvalue weighted by Crippen LogP contribution is 2.33. The summed E-state index contributed by atoms with van der Waals surface area (Å²) in [5, 5.41) is 2.52. The summed E-state index contributed by atoms with van der Waals surface area (Å²) in [5.74, 6) is -0.380. The summed E-state index contributed by atoms with van der Waals surface area (Å²) in [7, 11) is 0. The molecule has 1 N–H and O–H groups in total. The van der Waals surface area contributed by atoms with Crippen LogP contribution in [0.2, 0.25) is 5.02 Å². The third kappa shape index (κ3) is 4.74. The van der Waals surface area contributed by atoms with Crippen molar-refractivity contribution < 1.29 is 18.0 Å². The second-order valence-corrected chi connectivity index (χ2v) is 6.07. The van der Waals surface area contributed by atoms with Crippen LogP contribution in [0.3, 0.4) is 0 Å². The number of nitrogens with one attached hydrogen (secondary N) is 1. The first-order valence-corrected chi connectivity index (χ1v) is 7.77.